The fourth-order valence-electron chi connectivity index (χ4n) is 2.59. The molecule has 2 nitrogen and oxygen atoms in total. The molecule has 0 bridgehead atoms. The molecule has 1 fully saturated rings. The smallest absolute Gasteiger partial charge is 0.111 e. The lowest BCUT2D eigenvalue weighted by atomic mass is 10.2. The van der Waals surface area contributed by atoms with Gasteiger partial charge in [-0.05, 0) is 30.9 Å². The highest BCUT2D eigenvalue weighted by atomic mass is 35.5. The Labute approximate surface area is 113 Å². The number of para-hydroxylation sites is 2. The molecule has 0 amide bonds. The lowest BCUT2D eigenvalue weighted by Crippen LogP contribution is -2.05. The monoisotopic (exact) mass is 262 g/mol. The Hall–Kier alpha value is -1.02. The van der Waals surface area contributed by atoms with Crippen molar-refractivity contribution in [2.45, 2.75) is 38.6 Å². The van der Waals surface area contributed by atoms with Gasteiger partial charge in [0.2, 0.25) is 0 Å². The van der Waals surface area contributed by atoms with Gasteiger partial charge in [0.15, 0.2) is 0 Å². The summed E-state index contributed by atoms with van der Waals surface area (Å²) >= 11 is 5.88. The van der Waals surface area contributed by atoms with E-state index in [2.05, 4.69) is 22.8 Å². The first-order chi connectivity index (χ1) is 8.88. The number of hydrogen-bond acceptors (Lipinski definition) is 1. The van der Waals surface area contributed by atoms with Crippen LogP contribution >= 0.6 is 11.6 Å². The van der Waals surface area contributed by atoms with Gasteiger partial charge in [0, 0.05) is 18.8 Å². The van der Waals surface area contributed by atoms with E-state index in [0.717, 1.165) is 30.2 Å². The van der Waals surface area contributed by atoms with Gasteiger partial charge in [0.25, 0.3) is 0 Å². The molecule has 1 aromatic heterocycles. The molecule has 96 valence electrons. The predicted octanol–water partition coefficient (Wildman–Crippen LogP) is 4.01. The number of halogens is 1. The van der Waals surface area contributed by atoms with Crippen molar-refractivity contribution >= 4 is 22.6 Å². The molecule has 0 spiro atoms. The van der Waals surface area contributed by atoms with E-state index in [4.69, 9.17) is 16.6 Å². The minimum absolute atomic E-state index is 0.645. The normalized spacial score (nSPS) is 15.4. The Morgan fingerprint density at radius 2 is 2.11 bits per heavy atom. The number of aryl methyl sites for hydroxylation is 2. The maximum atomic E-state index is 5.88. The van der Waals surface area contributed by atoms with Gasteiger partial charge in [-0.25, -0.2) is 4.98 Å². The zero-order valence-electron chi connectivity index (χ0n) is 10.6. The van der Waals surface area contributed by atoms with Crippen LogP contribution in [0.2, 0.25) is 0 Å². The molecular weight excluding hydrogens is 244 g/mol. The molecule has 1 aromatic carbocycles. The Kier molecular flexibility index (Phi) is 3.55. The highest BCUT2D eigenvalue weighted by molar-refractivity contribution is 6.17. The topological polar surface area (TPSA) is 17.8 Å². The number of imidazole rings is 1. The summed E-state index contributed by atoms with van der Waals surface area (Å²) in [5.74, 6) is 2.80. The van der Waals surface area contributed by atoms with E-state index in [1.54, 1.807) is 0 Å². The van der Waals surface area contributed by atoms with Crippen LogP contribution in [0, 0.1) is 5.92 Å². The summed E-state index contributed by atoms with van der Waals surface area (Å²) in [7, 11) is 0. The van der Waals surface area contributed by atoms with Crippen LogP contribution in [-0.2, 0) is 13.0 Å². The minimum atomic E-state index is 0.645. The highest BCUT2D eigenvalue weighted by Gasteiger charge is 2.20. The Balaban J connectivity index is 1.82. The molecule has 0 N–H and O–H groups in total. The van der Waals surface area contributed by atoms with Crippen molar-refractivity contribution in [1.82, 2.24) is 9.55 Å². The number of fused-ring (bicyclic) bond motifs is 1. The molecule has 1 aliphatic rings. The van der Waals surface area contributed by atoms with E-state index >= 15 is 0 Å². The molecule has 0 saturated heterocycles. The van der Waals surface area contributed by atoms with Crippen molar-refractivity contribution in [2.75, 3.05) is 5.88 Å². The zero-order chi connectivity index (χ0) is 12.4. The quantitative estimate of drug-likeness (QED) is 0.720. The largest absolute Gasteiger partial charge is 0.328 e. The summed E-state index contributed by atoms with van der Waals surface area (Å²) in [4.78, 5) is 4.69. The van der Waals surface area contributed by atoms with Gasteiger partial charge in [-0.3, -0.25) is 0 Å². The standard InChI is InChI=1S/C15H19ClN2/c16-10-9-15-17-13-5-1-2-6-14(13)18(15)11-3-4-12-7-8-12/h1-2,5-6,12H,3-4,7-11H2. The maximum absolute atomic E-state index is 5.88. The lowest BCUT2D eigenvalue weighted by molar-refractivity contribution is 0.571. The molecular formula is C15H19ClN2. The molecule has 3 heteroatoms. The number of hydrogen-bond donors (Lipinski definition) is 0. The number of alkyl halides is 1. The fourth-order valence-corrected chi connectivity index (χ4v) is 2.76. The summed E-state index contributed by atoms with van der Waals surface area (Å²) in [6.45, 7) is 1.09. The highest BCUT2D eigenvalue weighted by Crippen LogP contribution is 2.33. The summed E-state index contributed by atoms with van der Waals surface area (Å²) in [5, 5.41) is 0. The van der Waals surface area contributed by atoms with E-state index in [1.165, 1.54) is 31.2 Å². The van der Waals surface area contributed by atoms with Crippen molar-refractivity contribution in [2.24, 2.45) is 5.92 Å². The van der Waals surface area contributed by atoms with Crippen molar-refractivity contribution < 1.29 is 0 Å². The van der Waals surface area contributed by atoms with E-state index in [-0.39, 0.29) is 0 Å². The summed E-state index contributed by atoms with van der Waals surface area (Å²) in [5.41, 5.74) is 2.36. The molecule has 1 aliphatic carbocycles. The van der Waals surface area contributed by atoms with Gasteiger partial charge < -0.3 is 4.57 Å². The number of nitrogens with zero attached hydrogens (tertiary/aromatic N) is 2. The lowest BCUT2D eigenvalue weighted by Gasteiger charge is -2.08. The molecule has 2 aromatic rings. The van der Waals surface area contributed by atoms with Crippen LogP contribution in [0.15, 0.2) is 24.3 Å². The SMILES string of the molecule is ClCCc1nc2ccccc2n1CCCC1CC1. The Morgan fingerprint density at radius 3 is 2.89 bits per heavy atom. The van der Waals surface area contributed by atoms with Crippen LogP contribution in [0.25, 0.3) is 11.0 Å². The van der Waals surface area contributed by atoms with Gasteiger partial charge in [0.05, 0.1) is 11.0 Å². The average Bonchev–Trinajstić information content (AvgIpc) is 3.14. The van der Waals surface area contributed by atoms with Crippen molar-refractivity contribution in [1.29, 1.82) is 0 Å². The zero-order valence-corrected chi connectivity index (χ0v) is 11.4. The van der Waals surface area contributed by atoms with Crippen LogP contribution < -0.4 is 0 Å². The number of aromatic nitrogens is 2. The molecule has 18 heavy (non-hydrogen) atoms. The minimum Gasteiger partial charge on any atom is -0.328 e. The molecule has 0 aliphatic heterocycles. The average molecular weight is 263 g/mol. The number of rotatable bonds is 6. The van der Waals surface area contributed by atoms with Crippen molar-refractivity contribution in [3.8, 4) is 0 Å². The van der Waals surface area contributed by atoms with Crippen molar-refractivity contribution in [3.05, 3.63) is 30.1 Å². The second-order valence-corrected chi connectivity index (χ2v) is 5.57. The van der Waals surface area contributed by atoms with E-state index in [1.807, 2.05) is 6.07 Å². The van der Waals surface area contributed by atoms with E-state index in [9.17, 15) is 0 Å². The summed E-state index contributed by atoms with van der Waals surface area (Å²) in [6, 6.07) is 8.39. The molecule has 3 rings (SSSR count). The third kappa shape index (κ3) is 2.54. The van der Waals surface area contributed by atoms with Gasteiger partial charge in [0.1, 0.15) is 5.82 Å². The van der Waals surface area contributed by atoms with Gasteiger partial charge >= 0.3 is 0 Å². The molecule has 0 atom stereocenters. The number of benzene rings is 1. The first kappa shape index (κ1) is 12.0. The molecule has 1 heterocycles. The summed E-state index contributed by atoms with van der Waals surface area (Å²) in [6.07, 6.45) is 6.38. The van der Waals surface area contributed by atoms with E-state index in [0.29, 0.717) is 5.88 Å². The van der Waals surface area contributed by atoms with Crippen LogP contribution in [0.5, 0.6) is 0 Å². The second kappa shape index (κ2) is 5.31. The third-order valence-corrected chi connectivity index (χ3v) is 3.93. The molecule has 0 unspecified atom stereocenters. The van der Waals surface area contributed by atoms with Gasteiger partial charge in [-0.2, -0.15) is 0 Å². The van der Waals surface area contributed by atoms with Gasteiger partial charge in [-0.1, -0.05) is 25.0 Å². The van der Waals surface area contributed by atoms with Crippen LogP contribution in [-0.4, -0.2) is 15.4 Å². The Morgan fingerprint density at radius 1 is 1.28 bits per heavy atom. The first-order valence-corrected chi connectivity index (χ1v) is 7.42. The third-order valence-electron chi connectivity index (χ3n) is 3.74. The predicted molar refractivity (Wildman–Crippen MR) is 76.1 cm³/mol. The van der Waals surface area contributed by atoms with Crippen molar-refractivity contribution in [3.63, 3.8) is 0 Å². The fraction of sp³-hybridized carbons (Fsp3) is 0.533. The van der Waals surface area contributed by atoms with Gasteiger partial charge in [-0.15, -0.1) is 11.6 Å². The first-order valence-electron chi connectivity index (χ1n) is 6.88. The summed E-state index contributed by atoms with van der Waals surface area (Å²) < 4.78 is 2.36. The van der Waals surface area contributed by atoms with Crippen LogP contribution in [0.3, 0.4) is 0 Å². The second-order valence-electron chi connectivity index (χ2n) is 5.19. The molecule has 0 radical (unpaired) electrons. The Bertz CT molecular complexity index is 528. The van der Waals surface area contributed by atoms with E-state index < -0.39 is 0 Å². The van der Waals surface area contributed by atoms with Crippen LogP contribution in [0.1, 0.15) is 31.5 Å². The molecule has 1 saturated carbocycles. The van der Waals surface area contributed by atoms with Crippen LogP contribution in [0.4, 0.5) is 0 Å². The maximum Gasteiger partial charge on any atom is 0.111 e.